The van der Waals surface area contributed by atoms with Crippen LogP contribution in [0.15, 0.2) is 18.3 Å². The zero-order valence-electron chi connectivity index (χ0n) is 10.8. The normalized spacial score (nSPS) is 16.5. The molecule has 1 aliphatic heterocycles. The lowest BCUT2D eigenvalue weighted by Gasteiger charge is -2.26. The molecule has 0 aliphatic carbocycles. The highest BCUT2D eigenvalue weighted by Gasteiger charge is 2.13. The van der Waals surface area contributed by atoms with Gasteiger partial charge in [-0.25, -0.2) is 0 Å². The molecule has 0 atom stereocenters. The summed E-state index contributed by atoms with van der Waals surface area (Å²) in [7, 11) is 0. The second-order valence-electron chi connectivity index (χ2n) is 4.57. The van der Waals surface area contributed by atoms with Crippen molar-refractivity contribution in [1.29, 1.82) is 0 Å². The second-order valence-corrected chi connectivity index (χ2v) is 4.57. The van der Waals surface area contributed by atoms with Gasteiger partial charge in [-0.3, -0.25) is 14.7 Å². The standard InChI is InChI=1S/C13H20N4O/c1-11-3-2-4-15-12(11)9-16-13(18)10-17-7-5-14-6-8-17/h2-4,14H,5-10H2,1H3,(H,16,18). The van der Waals surface area contributed by atoms with Gasteiger partial charge in [0.15, 0.2) is 0 Å². The van der Waals surface area contributed by atoms with Gasteiger partial charge in [-0.15, -0.1) is 0 Å². The third kappa shape index (κ3) is 3.78. The lowest BCUT2D eigenvalue weighted by atomic mass is 10.2. The fraction of sp³-hybridized carbons (Fsp3) is 0.538. The average Bonchev–Trinajstić information content (AvgIpc) is 2.39. The summed E-state index contributed by atoms with van der Waals surface area (Å²) in [4.78, 5) is 18.2. The van der Waals surface area contributed by atoms with Gasteiger partial charge < -0.3 is 10.6 Å². The third-order valence-electron chi connectivity index (χ3n) is 3.15. The molecule has 0 bridgehead atoms. The number of carbonyl (C=O) groups is 1. The Labute approximate surface area is 108 Å². The smallest absolute Gasteiger partial charge is 0.234 e. The van der Waals surface area contributed by atoms with Crippen molar-refractivity contribution in [3.05, 3.63) is 29.6 Å². The van der Waals surface area contributed by atoms with Crippen molar-refractivity contribution in [1.82, 2.24) is 20.5 Å². The van der Waals surface area contributed by atoms with Crippen molar-refractivity contribution < 1.29 is 4.79 Å². The van der Waals surface area contributed by atoms with Gasteiger partial charge in [-0.05, 0) is 18.6 Å². The van der Waals surface area contributed by atoms with Gasteiger partial charge in [0.25, 0.3) is 0 Å². The summed E-state index contributed by atoms with van der Waals surface area (Å²) < 4.78 is 0. The molecule has 18 heavy (non-hydrogen) atoms. The van der Waals surface area contributed by atoms with Crippen LogP contribution < -0.4 is 10.6 Å². The van der Waals surface area contributed by atoms with Gasteiger partial charge in [0, 0.05) is 32.4 Å². The first-order valence-corrected chi connectivity index (χ1v) is 6.36. The van der Waals surface area contributed by atoms with E-state index in [1.165, 1.54) is 0 Å². The molecule has 0 unspecified atom stereocenters. The number of nitrogens with zero attached hydrogens (tertiary/aromatic N) is 2. The van der Waals surface area contributed by atoms with Crippen molar-refractivity contribution in [2.75, 3.05) is 32.7 Å². The molecule has 1 fully saturated rings. The molecule has 0 saturated carbocycles. The number of aryl methyl sites for hydroxylation is 1. The lowest BCUT2D eigenvalue weighted by Crippen LogP contribution is -2.47. The number of aromatic nitrogens is 1. The van der Waals surface area contributed by atoms with E-state index in [1.54, 1.807) is 6.20 Å². The van der Waals surface area contributed by atoms with Gasteiger partial charge in [0.1, 0.15) is 0 Å². The zero-order valence-corrected chi connectivity index (χ0v) is 10.8. The van der Waals surface area contributed by atoms with Crippen LogP contribution in [0.5, 0.6) is 0 Å². The van der Waals surface area contributed by atoms with Crippen molar-refractivity contribution in [3.8, 4) is 0 Å². The van der Waals surface area contributed by atoms with Gasteiger partial charge in [-0.1, -0.05) is 6.07 Å². The number of hydrogen-bond acceptors (Lipinski definition) is 4. The number of amides is 1. The Morgan fingerprint density at radius 1 is 1.50 bits per heavy atom. The van der Waals surface area contributed by atoms with Gasteiger partial charge in [-0.2, -0.15) is 0 Å². The van der Waals surface area contributed by atoms with Crippen LogP contribution in [0.1, 0.15) is 11.3 Å². The molecule has 5 heteroatoms. The Balaban J connectivity index is 1.76. The summed E-state index contributed by atoms with van der Waals surface area (Å²) in [5.74, 6) is 0.0713. The molecule has 1 aromatic rings. The molecule has 5 nitrogen and oxygen atoms in total. The summed E-state index contributed by atoms with van der Waals surface area (Å²) in [6.45, 7) is 6.81. The second kappa shape index (κ2) is 6.47. The first-order chi connectivity index (χ1) is 8.75. The highest BCUT2D eigenvalue weighted by molar-refractivity contribution is 5.78. The van der Waals surface area contributed by atoms with Crippen LogP contribution in [0.25, 0.3) is 0 Å². The molecule has 2 heterocycles. The summed E-state index contributed by atoms with van der Waals surface area (Å²) in [6.07, 6.45) is 1.75. The largest absolute Gasteiger partial charge is 0.349 e. The highest BCUT2D eigenvalue weighted by atomic mass is 16.2. The van der Waals surface area contributed by atoms with Crippen molar-refractivity contribution in [3.63, 3.8) is 0 Å². The van der Waals surface area contributed by atoms with Gasteiger partial charge in [0.2, 0.25) is 5.91 Å². The topological polar surface area (TPSA) is 57.3 Å². The quantitative estimate of drug-likeness (QED) is 0.782. The molecule has 1 saturated heterocycles. The Morgan fingerprint density at radius 2 is 2.28 bits per heavy atom. The minimum atomic E-state index is 0.0713. The fourth-order valence-electron chi connectivity index (χ4n) is 2.01. The van der Waals surface area contributed by atoms with Crippen LogP contribution in [0, 0.1) is 6.92 Å². The van der Waals surface area contributed by atoms with Crippen molar-refractivity contribution in [2.45, 2.75) is 13.5 Å². The van der Waals surface area contributed by atoms with Crippen molar-refractivity contribution in [2.24, 2.45) is 0 Å². The Bertz CT molecular complexity index is 402. The first-order valence-electron chi connectivity index (χ1n) is 6.36. The number of nitrogens with one attached hydrogen (secondary N) is 2. The van der Waals surface area contributed by atoms with Crippen LogP contribution >= 0.6 is 0 Å². The van der Waals surface area contributed by atoms with E-state index in [2.05, 4.69) is 20.5 Å². The van der Waals surface area contributed by atoms with E-state index in [-0.39, 0.29) is 5.91 Å². The predicted octanol–water partition coefficient (Wildman–Crippen LogP) is -0.0886. The minimum absolute atomic E-state index is 0.0713. The van der Waals surface area contributed by atoms with E-state index in [4.69, 9.17) is 0 Å². The number of piperazine rings is 1. The third-order valence-corrected chi connectivity index (χ3v) is 3.15. The molecule has 0 aromatic carbocycles. The maximum absolute atomic E-state index is 11.8. The molecule has 1 aromatic heterocycles. The monoisotopic (exact) mass is 248 g/mol. The molecule has 98 valence electrons. The number of hydrogen-bond donors (Lipinski definition) is 2. The number of rotatable bonds is 4. The Kier molecular flexibility index (Phi) is 4.66. The molecule has 2 rings (SSSR count). The SMILES string of the molecule is Cc1cccnc1CNC(=O)CN1CCNCC1. The fourth-order valence-corrected chi connectivity index (χ4v) is 2.01. The predicted molar refractivity (Wildman–Crippen MR) is 70.1 cm³/mol. The van der Waals surface area contributed by atoms with E-state index in [0.717, 1.165) is 37.4 Å². The Morgan fingerprint density at radius 3 is 3.00 bits per heavy atom. The van der Waals surface area contributed by atoms with Crippen LogP contribution in [0.3, 0.4) is 0 Å². The summed E-state index contributed by atoms with van der Waals surface area (Å²) in [6, 6.07) is 3.91. The van der Waals surface area contributed by atoms with E-state index < -0.39 is 0 Å². The molecule has 0 radical (unpaired) electrons. The summed E-state index contributed by atoms with van der Waals surface area (Å²) in [5, 5.41) is 6.19. The van der Waals surface area contributed by atoms with Crippen LogP contribution in [0.4, 0.5) is 0 Å². The molecule has 0 spiro atoms. The Hall–Kier alpha value is -1.46. The summed E-state index contributed by atoms with van der Waals surface area (Å²) >= 11 is 0. The lowest BCUT2D eigenvalue weighted by molar-refractivity contribution is -0.122. The molecule has 1 amide bonds. The zero-order chi connectivity index (χ0) is 12.8. The van der Waals surface area contributed by atoms with Crippen LogP contribution in [0.2, 0.25) is 0 Å². The van der Waals surface area contributed by atoms with Crippen LogP contribution in [-0.2, 0) is 11.3 Å². The molecule has 1 aliphatic rings. The van der Waals surface area contributed by atoms with E-state index in [9.17, 15) is 4.79 Å². The first kappa shape index (κ1) is 13.0. The van der Waals surface area contributed by atoms with Crippen molar-refractivity contribution >= 4 is 5.91 Å². The van der Waals surface area contributed by atoms with Gasteiger partial charge >= 0.3 is 0 Å². The summed E-state index contributed by atoms with van der Waals surface area (Å²) in [5.41, 5.74) is 2.05. The molecule has 2 N–H and O–H groups in total. The number of pyridine rings is 1. The average molecular weight is 248 g/mol. The van der Waals surface area contributed by atoms with E-state index >= 15 is 0 Å². The van der Waals surface area contributed by atoms with Gasteiger partial charge in [0.05, 0.1) is 18.8 Å². The minimum Gasteiger partial charge on any atom is -0.349 e. The van der Waals surface area contributed by atoms with Crippen LogP contribution in [-0.4, -0.2) is 48.5 Å². The molecular weight excluding hydrogens is 228 g/mol. The van der Waals surface area contributed by atoms with E-state index in [0.29, 0.717) is 13.1 Å². The maximum atomic E-state index is 11.8. The number of carbonyl (C=O) groups excluding carboxylic acids is 1. The molecular formula is C13H20N4O. The van der Waals surface area contributed by atoms with E-state index in [1.807, 2.05) is 19.1 Å². The maximum Gasteiger partial charge on any atom is 0.234 e. The highest BCUT2D eigenvalue weighted by Crippen LogP contribution is 2.02.